The summed E-state index contributed by atoms with van der Waals surface area (Å²) >= 11 is 5.93. The molecule has 100 valence electrons. The van der Waals surface area contributed by atoms with E-state index in [4.69, 9.17) is 11.6 Å². The molecule has 1 amide bonds. The summed E-state index contributed by atoms with van der Waals surface area (Å²) in [5.41, 5.74) is 1.03. The molecule has 3 aromatic rings. The highest BCUT2D eigenvalue weighted by atomic mass is 35.5. The Morgan fingerprint density at radius 1 is 1.25 bits per heavy atom. The van der Waals surface area contributed by atoms with Crippen molar-refractivity contribution in [3.63, 3.8) is 0 Å². The van der Waals surface area contributed by atoms with Crippen LogP contribution in [0.25, 0.3) is 16.7 Å². The average molecular weight is 288 g/mol. The Morgan fingerprint density at radius 2 is 2.05 bits per heavy atom. The van der Waals surface area contributed by atoms with Gasteiger partial charge in [-0.1, -0.05) is 12.1 Å². The standard InChI is InChI=1S/C13H10ClN5O/c1-15-12(20)10-6-7-19(18-10)11-8-4-2-3-5-9(8)16-13(14)17-11/h2-7H,1H3,(H,15,20). The molecule has 2 aromatic heterocycles. The fourth-order valence-electron chi connectivity index (χ4n) is 1.90. The molecule has 0 aliphatic rings. The van der Waals surface area contributed by atoms with Crippen molar-refractivity contribution in [2.45, 2.75) is 0 Å². The van der Waals surface area contributed by atoms with Crippen LogP contribution >= 0.6 is 11.6 Å². The quantitative estimate of drug-likeness (QED) is 0.730. The van der Waals surface area contributed by atoms with Crippen LogP contribution in [0.4, 0.5) is 0 Å². The fourth-order valence-corrected chi connectivity index (χ4v) is 2.07. The predicted molar refractivity (Wildman–Crippen MR) is 75.1 cm³/mol. The Bertz CT molecular complexity index is 798. The molecule has 0 radical (unpaired) electrons. The molecule has 0 saturated carbocycles. The molecule has 2 heterocycles. The van der Waals surface area contributed by atoms with Crippen LogP contribution in [0.3, 0.4) is 0 Å². The van der Waals surface area contributed by atoms with Crippen LogP contribution in [0.15, 0.2) is 36.5 Å². The number of aromatic nitrogens is 4. The van der Waals surface area contributed by atoms with Gasteiger partial charge in [0.15, 0.2) is 11.5 Å². The third kappa shape index (κ3) is 2.10. The van der Waals surface area contributed by atoms with Gasteiger partial charge in [-0.05, 0) is 29.8 Å². The number of carbonyl (C=O) groups excluding carboxylic acids is 1. The highest BCUT2D eigenvalue weighted by Crippen LogP contribution is 2.20. The molecule has 0 atom stereocenters. The first-order valence-corrected chi connectivity index (χ1v) is 6.27. The molecule has 0 unspecified atom stereocenters. The Labute approximate surface area is 119 Å². The smallest absolute Gasteiger partial charge is 0.271 e. The maximum absolute atomic E-state index is 11.5. The van der Waals surface area contributed by atoms with Gasteiger partial charge < -0.3 is 5.32 Å². The minimum Gasteiger partial charge on any atom is -0.354 e. The second-order valence-corrected chi connectivity index (χ2v) is 4.40. The first kappa shape index (κ1) is 12.6. The van der Waals surface area contributed by atoms with Crippen LogP contribution < -0.4 is 5.32 Å². The maximum Gasteiger partial charge on any atom is 0.271 e. The van der Waals surface area contributed by atoms with Gasteiger partial charge in [-0.15, -0.1) is 0 Å². The molecule has 3 rings (SSSR count). The van der Waals surface area contributed by atoms with Crippen LogP contribution in [-0.4, -0.2) is 32.7 Å². The van der Waals surface area contributed by atoms with E-state index < -0.39 is 0 Å². The topological polar surface area (TPSA) is 72.7 Å². The summed E-state index contributed by atoms with van der Waals surface area (Å²) in [5, 5.41) is 7.66. The number of para-hydroxylation sites is 1. The van der Waals surface area contributed by atoms with Crippen LogP contribution in [0.2, 0.25) is 5.28 Å². The van der Waals surface area contributed by atoms with E-state index in [1.807, 2.05) is 24.3 Å². The van der Waals surface area contributed by atoms with Crippen molar-refractivity contribution in [2.24, 2.45) is 0 Å². The van der Waals surface area contributed by atoms with Crippen LogP contribution in [0.5, 0.6) is 0 Å². The number of amides is 1. The van der Waals surface area contributed by atoms with E-state index in [0.29, 0.717) is 11.5 Å². The van der Waals surface area contributed by atoms with Crippen LogP contribution in [0, 0.1) is 0 Å². The molecule has 0 spiro atoms. The molecule has 1 aromatic carbocycles. The molecular weight excluding hydrogens is 278 g/mol. The molecule has 0 aliphatic carbocycles. The molecule has 0 bridgehead atoms. The van der Waals surface area contributed by atoms with E-state index in [9.17, 15) is 4.79 Å². The van der Waals surface area contributed by atoms with Crippen LogP contribution in [0.1, 0.15) is 10.5 Å². The van der Waals surface area contributed by atoms with Gasteiger partial charge in [0.05, 0.1) is 5.52 Å². The van der Waals surface area contributed by atoms with E-state index in [1.165, 1.54) is 4.68 Å². The number of nitrogens with one attached hydrogen (secondary N) is 1. The SMILES string of the molecule is CNC(=O)c1ccn(-c2nc(Cl)nc3ccccc23)n1. The van der Waals surface area contributed by atoms with Crippen molar-refractivity contribution in [2.75, 3.05) is 7.05 Å². The third-order valence-electron chi connectivity index (χ3n) is 2.82. The summed E-state index contributed by atoms with van der Waals surface area (Å²) < 4.78 is 1.51. The molecule has 1 N–H and O–H groups in total. The van der Waals surface area contributed by atoms with Crippen molar-refractivity contribution >= 4 is 28.4 Å². The van der Waals surface area contributed by atoms with Gasteiger partial charge in [0.25, 0.3) is 5.91 Å². The lowest BCUT2D eigenvalue weighted by Gasteiger charge is -2.05. The average Bonchev–Trinajstić information content (AvgIpc) is 2.95. The van der Waals surface area contributed by atoms with Gasteiger partial charge in [0.1, 0.15) is 0 Å². The van der Waals surface area contributed by atoms with E-state index in [2.05, 4.69) is 20.4 Å². The Kier molecular flexibility index (Phi) is 3.08. The van der Waals surface area contributed by atoms with Gasteiger partial charge in [0.2, 0.25) is 5.28 Å². The van der Waals surface area contributed by atoms with Crippen molar-refractivity contribution in [3.05, 3.63) is 47.5 Å². The first-order valence-electron chi connectivity index (χ1n) is 5.89. The number of nitrogens with zero attached hydrogens (tertiary/aromatic N) is 4. The number of carbonyl (C=O) groups is 1. The Balaban J connectivity index is 2.19. The normalized spacial score (nSPS) is 10.7. The van der Waals surface area contributed by atoms with Gasteiger partial charge in [0, 0.05) is 18.6 Å². The zero-order valence-electron chi connectivity index (χ0n) is 10.5. The number of halogens is 1. The first-order chi connectivity index (χ1) is 9.69. The summed E-state index contributed by atoms with van der Waals surface area (Å²) in [4.78, 5) is 19.9. The van der Waals surface area contributed by atoms with Crippen molar-refractivity contribution in [1.82, 2.24) is 25.1 Å². The highest BCUT2D eigenvalue weighted by molar-refractivity contribution is 6.28. The summed E-state index contributed by atoms with van der Waals surface area (Å²) in [6.07, 6.45) is 1.66. The van der Waals surface area contributed by atoms with E-state index in [1.54, 1.807) is 19.3 Å². The van der Waals surface area contributed by atoms with Crippen LogP contribution in [-0.2, 0) is 0 Å². The predicted octanol–water partition coefficient (Wildman–Crippen LogP) is 1.83. The maximum atomic E-state index is 11.5. The summed E-state index contributed by atoms with van der Waals surface area (Å²) in [5.74, 6) is 0.281. The molecule has 20 heavy (non-hydrogen) atoms. The van der Waals surface area contributed by atoms with Gasteiger partial charge in [-0.25, -0.2) is 9.67 Å². The highest BCUT2D eigenvalue weighted by Gasteiger charge is 2.12. The Hall–Kier alpha value is -2.47. The second kappa shape index (κ2) is 4.90. The second-order valence-electron chi connectivity index (χ2n) is 4.06. The minimum atomic E-state index is -0.256. The van der Waals surface area contributed by atoms with Gasteiger partial charge >= 0.3 is 0 Å². The zero-order valence-corrected chi connectivity index (χ0v) is 11.3. The lowest BCUT2D eigenvalue weighted by molar-refractivity contribution is 0.0957. The summed E-state index contributed by atoms with van der Waals surface area (Å²) in [6, 6.07) is 9.09. The largest absolute Gasteiger partial charge is 0.354 e. The fraction of sp³-hybridized carbons (Fsp3) is 0.0769. The monoisotopic (exact) mass is 287 g/mol. The third-order valence-corrected chi connectivity index (χ3v) is 2.99. The van der Waals surface area contributed by atoms with E-state index in [0.717, 1.165) is 10.9 Å². The minimum absolute atomic E-state index is 0.135. The van der Waals surface area contributed by atoms with E-state index >= 15 is 0 Å². The number of hydrogen-bond acceptors (Lipinski definition) is 4. The molecular formula is C13H10ClN5O. The number of hydrogen-bond donors (Lipinski definition) is 1. The molecule has 0 aliphatic heterocycles. The lowest BCUT2D eigenvalue weighted by Crippen LogP contribution is -2.18. The summed E-state index contributed by atoms with van der Waals surface area (Å²) in [6.45, 7) is 0. The van der Waals surface area contributed by atoms with Crippen molar-refractivity contribution in [1.29, 1.82) is 0 Å². The van der Waals surface area contributed by atoms with Gasteiger partial charge in [-0.3, -0.25) is 4.79 Å². The molecule has 7 heteroatoms. The molecule has 6 nitrogen and oxygen atoms in total. The van der Waals surface area contributed by atoms with Crippen molar-refractivity contribution < 1.29 is 4.79 Å². The van der Waals surface area contributed by atoms with E-state index in [-0.39, 0.29) is 11.2 Å². The number of benzene rings is 1. The summed E-state index contributed by atoms with van der Waals surface area (Å²) in [7, 11) is 1.55. The zero-order chi connectivity index (χ0) is 14.1. The Morgan fingerprint density at radius 3 is 2.85 bits per heavy atom. The van der Waals surface area contributed by atoms with Crippen molar-refractivity contribution in [3.8, 4) is 5.82 Å². The number of rotatable bonds is 2. The van der Waals surface area contributed by atoms with Gasteiger partial charge in [-0.2, -0.15) is 10.1 Å². The lowest BCUT2D eigenvalue weighted by atomic mass is 10.2. The molecule has 0 fully saturated rings. The number of fused-ring (bicyclic) bond motifs is 1. The molecule has 0 saturated heterocycles.